The van der Waals surface area contributed by atoms with Crippen LogP contribution in [0.5, 0.6) is 11.5 Å². The van der Waals surface area contributed by atoms with Gasteiger partial charge in [0.2, 0.25) is 17.6 Å². The highest BCUT2D eigenvalue weighted by Gasteiger charge is 2.22. The van der Waals surface area contributed by atoms with E-state index in [0.717, 1.165) is 0 Å². The molecule has 1 aromatic carbocycles. The number of carbonyl (C=O) groups excluding carboxylic acids is 1. The molecule has 6 nitrogen and oxygen atoms in total. The zero-order chi connectivity index (χ0) is 12.7. The van der Waals surface area contributed by atoms with E-state index in [2.05, 4.69) is 10.3 Å². The Hall–Kier alpha value is -2.00. The highest BCUT2D eigenvalue weighted by Crippen LogP contribution is 2.39. The quantitative estimate of drug-likeness (QED) is 0.561. The largest absolute Gasteiger partial charge is 1.00 e. The SMILES string of the molecule is CCOc1cc([N+]#N)c(OCC)c(NC=O)c1.[Cl-]. The van der Waals surface area contributed by atoms with E-state index < -0.39 is 0 Å². The van der Waals surface area contributed by atoms with E-state index in [0.29, 0.717) is 36.8 Å². The third kappa shape index (κ3) is 3.79. The van der Waals surface area contributed by atoms with Gasteiger partial charge in [-0.2, -0.15) is 0 Å². The number of ether oxygens (including phenoxy) is 2. The summed E-state index contributed by atoms with van der Waals surface area (Å²) in [6, 6.07) is 3.14. The van der Waals surface area contributed by atoms with Gasteiger partial charge in [0.1, 0.15) is 5.75 Å². The van der Waals surface area contributed by atoms with Crippen molar-refractivity contribution in [2.75, 3.05) is 18.5 Å². The minimum absolute atomic E-state index is 0. The number of halogens is 1. The molecular formula is C11H14ClN3O3. The summed E-state index contributed by atoms with van der Waals surface area (Å²) in [6.07, 6.45) is 0.523. The Kier molecular flexibility index (Phi) is 7.24. The Bertz CT molecular complexity index is 446. The molecule has 98 valence electrons. The van der Waals surface area contributed by atoms with Crippen LogP contribution >= 0.6 is 0 Å². The van der Waals surface area contributed by atoms with Crippen molar-refractivity contribution in [3.8, 4) is 11.5 Å². The van der Waals surface area contributed by atoms with Crippen LogP contribution < -0.4 is 27.2 Å². The number of amides is 1. The second kappa shape index (κ2) is 8.14. The molecule has 0 fully saturated rings. The Morgan fingerprint density at radius 3 is 2.50 bits per heavy atom. The van der Waals surface area contributed by atoms with Gasteiger partial charge in [0.15, 0.2) is 4.98 Å². The standard InChI is InChI=1S/C11H13N3O3.ClH/c1-3-16-8-5-9(13-7-15)11(17-4-2)10(6-8)14-12;/h5-7H,3-4H2,1-2H3;1H. The molecule has 0 unspecified atom stereocenters. The normalized spacial score (nSPS) is 8.72. The number of anilines is 1. The summed E-state index contributed by atoms with van der Waals surface area (Å²) in [5, 5.41) is 11.4. The predicted octanol–water partition coefficient (Wildman–Crippen LogP) is -0.459. The molecule has 0 saturated carbocycles. The van der Waals surface area contributed by atoms with Crippen LogP contribution in [0.15, 0.2) is 12.1 Å². The van der Waals surface area contributed by atoms with Crippen LogP contribution in [0.4, 0.5) is 11.4 Å². The molecule has 0 heterocycles. The van der Waals surface area contributed by atoms with Crippen LogP contribution in [0.3, 0.4) is 0 Å². The molecule has 0 aliphatic carbocycles. The van der Waals surface area contributed by atoms with Gasteiger partial charge in [-0.1, -0.05) is 0 Å². The first-order chi connectivity index (χ1) is 8.26. The van der Waals surface area contributed by atoms with Crippen molar-refractivity contribution in [2.24, 2.45) is 0 Å². The van der Waals surface area contributed by atoms with Crippen molar-refractivity contribution in [3.63, 3.8) is 0 Å². The topological polar surface area (TPSA) is 75.7 Å². The molecule has 0 radical (unpaired) electrons. The molecule has 18 heavy (non-hydrogen) atoms. The molecule has 0 spiro atoms. The first-order valence-electron chi connectivity index (χ1n) is 5.25. The van der Waals surface area contributed by atoms with Gasteiger partial charge < -0.3 is 27.2 Å². The summed E-state index contributed by atoms with van der Waals surface area (Å²) in [5.41, 5.74) is 0.614. The number of rotatable bonds is 6. The third-order valence-electron chi connectivity index (χ3n) is 1.96. The lowest BCUT2D eigenvalue weighted by atomic mass is 10.2. The van der Waals surface area contributed by atoms with Gasteiger partial charge in [-0.25, -0.2) is 0 Å². The zero-order valence-corrected chi connectivity index (χ0v) is 10.9. The van der Waals surface area contributed by atoms with Crippen molar-refractivity contribution in [1.29, 1.82) is 5.39 Å². The van der Waals surface area contributed by atoms with Gasteiger partial charge in [0.25, 0.3) is 0 Å². The summed E-state index contributed by atoms with van der Waals surface area (Å²) >= 11 is 0. The van der Waals surface area contributed by atoms with E-state index in [-0.39, 0.29) is 18.1 Å². The van der Waals surface area contributed by atoms with Crippen molar-refractivity contribution in [2.45, 2.75) is 13.8 Å². The molecule has 7 heteroatoms. The first kappa shape index (κ1) is 16.0. The van der Waals surface area contributed by atoms with Gasteiger partial charge in [0.05, 0.1) is 25.0 Å². The van der Waals surface area contributed by atoms with Gasteiger partial charge in [-0.05, 0) is 13.8 Å². The Labute approximate surface area is 111 Å². The Balaban J connectivity index is 0.00000289. The molecule has 0 saturated heterocycles. The van der Waals surface area contributed by atoms with Crippen LogP contribution in [0.25, 0.3) is 4.98 Å². The number of benzene rings is 1. The molecule has 1 N–H and O–H groups in total. The number of nitrogens with one attached hydrogen (secondary N) is 1. The summed E-state index contributed by atoms with van der Waals surface area (Å²) in [7, 11) is 0. The monoisotopic (exact) mass is 271 g/mol. The highest BCUT2D eigenvalue weighted by atomic mass is 35.5. The van der Waals surface area contributed by atoms with Crippen molar-refractivity contribution < 1.29 is 26.7 Å². The van der Waals surface area contributed by atoms with Crippen LogP contribution in [0, 0.1) is 5.39 Å². The lowest BCUT2D eigenvalue weighted by Gasteiger charge is -2.09. The second-order valence-electron chi connectivity index (χ2n) is 3.05. The smallest absolute Gasteiger partial charge is 0.432 e. The maximum Gasteiger partial charge on any atom is 0.432 e. The number of hydrogen-bond donors (Lipinski definition) is 1. The van der Waals surface area contributed by atoms with Gasteiger partial charge in [-0.15, -0.1) is 0 Å². The maximum absolute atomic E-state index is 10.5. The molecule has 0 bridgehead atoms. The van der Waals surface area contributed by atoms with Crippen LogP contribution in [-0.2, 0) is 4.79 Å². The Morgan fingerprint density at radius 1 is 1.33 bits per heavy atom. The number of carbonyl (C=O) groups is 1. The van der Waals surface area contributed by atoms with Crippen LogP contribution in [0.1, 0.15) is 13.8 Å². The molecule has 1 rings (SSSR count). The molecule has 0 aromatic heterocycles. The average molecular weight is 272 g/mol. The molecule has 0 aliphatic heterocycles. The number of nitrogens with zero attached hydrogens (tertiary/aromatic N) is 2. The summed E-state index contributed by atoms with van der Waals surface area (Å²) < 4.78 is 10.6. The Morgan fingerprint density at radius 2 is 2.00 bits per heavy atom. The molecule has 0 atom stereocenters. The van der Waals surface area contributed by atoms with E-state index in [1.807, 2.05) is 6.92 Å². The average Bonchev–Trinajstić information content (AvgIpc) is 2.33. The second-order valence-corrected chi connectivity index (χ2v) is 3.05. The van der Waals surface area contributed by atoms with E-state index >= 15 is 0 Å². The lowest BCUT2D eigenvalue weighted by molar-refractivity contribution is -0.105. The fourth-order valence-corrected chi connectivity index (χ4v) is 1.38. The minimum atomic E-state index is 0. The predicted molar refractivity (Wildman–Crippen MR) is 63.2 cm³/mol. The fraction of sp³-hybridized carbons (Fsp3) is 0.364. The van der Waals surface area contributed by atoms with E-state index in [1.165, 1.54) is 6.07 Å². The van der Waals surface area contributed by atoms with Gasteiger partial charge in [0, 0.05) is 6.07 Å². The lowest BCUT2D eigenvalue weighted by Crippen LogP contribution is -3.00. The van der Waals surface area contributed by atoms with E-state index in [1.54, 1.807) is 13.0 Å². The van der Waals surface area contributed by atoms with Crippen molar-refractivity contribution in [3.05, 3.63) is 17.1 Å². The summed E-state index contributed by atoms with van der Waals surface area (Å²) in [6.45, 7) is 4.49. The summed E-state index contributed by atoms with van der Waals surface area (Å²) in [5.74, 6) is 0.804. The fourth-order valence-electron chi connectivity index (χ4n) is 1.38. The van der Waals surface area contributed by atoms with E-state index in [9.17, 15) is 4.79 Å². The maximum atomic E-state index is 10.5. The third-order valence-corrected chi connectivity index (χ3v) is 1.96. The zero-order valence-electron chi connectivity index (χ0n) is 10.1. The molecule has 0 aliphatic rings. The van der Waals surface area contributed by atoms with E-state index in [4.69, 9.17) is 14.9 Å². The number of hydrogen-bond acceptors (Lipinski definition) is 4. The highest BCUT2D eigenvalue weighted by molar-refractivity contribution is 5.82. The van der Waals surface area contributed by atoms with Crippen molar-refractivity contribution in [1.82, 2.24) is 0 Å². The van der Waals surface area contributed by atoms with Crippen LogP contribution in [0.2, 0.25) is 0 Å². The minimum Gasteiger partial charge on any atom is -1.00 e. The van der Waals surface area contributed by atoms with Crippen molar-refractivity contribution >= 4 is 17.8 Å². The molecule has 1 amide bonds. The molecular weight excluding hydrogens is 258 g/mol. The van der Waals surface area contributed by atoms with Gasteiger partial charge in [-0.3, -0.25) is 4.79 Å². The number of diazo groups is 1. The first-order valence-corrected chi connectivity index (χ1v) is 5.25. The van der Waals surface area contributed by atoms with Gasteiger partial charge >= 0.3 is 5.69 Å². The molecule has 1 aromatic rings. The summed E-state index contributed by atoms with van der Waals surface area (Å²) in [4.78, 5) is 13.6. The van der Waals surface area contributed by atoms with Crippen LogP contribution in [-0.4, -0.2) is 19.6 Å².